The van der Waals surface area contributed by atoms with E-state index in [0.29, 0.717) is 23.2 Å². The predicted octanol–water partition coefficient (Wildman–Crippen LogP) is 3.32. The molecule has 1 aliphatic carbocycles. The Balaban J connectivity index is 0.00000240. The predicted molar refractivity (Wildman–Crippen MR) is 101 cm³/mol. The molecule has 4 rings (SSSR count). The van der Waals surface area contributed by atoms with Gasteiger partial charge in [-0.05, 0) is 23.6 Å². The van der Waals surface area contributed by atoms with Crippen molar-refractivity contribution in [2.75, 3.05) is 6.54 Å². The van der Waals surface area contributed by atoms with E-state index in [1.54, 1.807) is 42.5 Å². The van der Waals surface area contributed by atoms with Gasteiger partial charge in [0.1, 0.15) is 12.1 Å². The van der Waals surface area contributed by atoms with Gasteiger partial charge in [-0.3, -0.25) is 19.3 Å². The summed E-state index contributed by atoms with van der Waals surface area (Å²) >= 11 is 0. The molecular formula is C21H19N3NiO4+2. The largest absolute Gasteiger partial charge is 2.00 e. The van der Waals surface area contributed by atoms with Crippen LogP contribution in [0.3, 0.4) is 0 Å². The van der Waals surface area contributed by atoms with Gasteiger partial charge in [0.05, 0.1) is 16.8 Å². The number of nitrogens with zero attached hydrogens (tertiary/aromatic N) is 3. The summed E-state index contributed by atoms with van der Waals surface area (Å²) in [4.78, 5) is 38.7. The Labute approximate surface area is 177 Å². The minimum atomic E-state index is -1.31. The van der Waals surface area contributed by atoms with Gasteiger partial charge in [0.15, 0.2) is 5.78 Å². The molecule has 0 bridgehead atoms. The Hall–Kier alpha value is -2.70. The van der Waals surface area contributed by atoms with Crippen molar-refractivity contribution < 1.29 is 36.0 Å². The number of aliphatic hydroxyl groups excluding tert-OH is 1. The first-order valence-electron chi connectivity index (χ1n) is 9.11. The van der Waals surface area contributed by atoms with Gasteiger partial charge in [-0.2, -0.15) is 10.2 Å². The number of rotatable bonds is 4. The van der Waals surface area contributed by atoms with Gasteiger partial charge < -0.3 is 5.11 Å². The minimum absolute atomic E-state index is 0. The van der Waals surface area contributed by atoms with Gasteiger partial charge in [0.2, 0.25) is 0 Å². The van der Waals surface area contributed by atoms with E-state index in [1.807, 2.05) is 13.8 Å². The van der Waals surface area contributed by atoms with Crippen molar-refractivity contribution in [3.63, 3.8) is 0 Å². The molecule has 2 aliphatic rings. The van der Waals surface area contributed by atoms with E-state index in [-0.39, 0.29) is 39.6 Å². The number of aliphatic hydroxyl groups is 1. The number of ketones is 1. The monoisotopic (exact) mass is 435 g/mol. The van der Waals surface area contributed by atoms with E-state index in [0.717, 1.165) is 0 Å². The van der Waals surface area contributed by atoms with Gasteiger partial charge in [-0.1, -0.05) is 44.2 Å². The summed E-state index contributed by atoms with van der Waals surface area (Å²) < 4.78 is 0. The van der Waals surface area contributed by atoms with Crippen LogP contribution < -0.4 is 0 Å². The van der Waals surface area contributed by atoms with Crippen molar-refractivity contribution in [1.29, 1.82) is 0 Å². The number of hydrogen-bond donors (Lipinski definition) is 1. The number of benzene rings is 2. The molecular weight excluding hydrogens is 417 g/mol. The molecule has 2 amide bonds. The third-order valence-electron chi connectivity index (χ3n) is 4.93. The van der Waals surface area contributed by atoms with Crippen LogP contribution in [0.5, 0.6) is 0 Å². The van der Waals surface area contributed by atoms with Crippen molar-refractivity contribution in [3.8, 4) is 0 Å². The Kier molecular flexibility index (Phi) is 5.78. The van der Waals surface area contributed by atoms with E-state index in [9.17, 15) is 19.5 Å². The van der Waals surface area contributed by atoms with E-state index in [4.69, 9.17) is 0 Å². The number of carbonyl (C=O) groups excluding carboxylic acids is 3. The van der Waals surface area contributed by atoms with Crippen molar-refractivity contribution in [2.45, 2.75) is 26.0 Å². The Morgan fingerprint density at radius 3 is 2.41 bits per heavy atom. The zero-order valence-corrected chi connectivity index (χ0v) is 16.8. The van der Waals surface area contributed by atoms with E-state index < -0.39 is 23.8 Å². The number of imide groups is 1. The fourth-order valence-electron chi connectivity index (χ4n) is 3.63. The number of azo groups is 1. The van der Waals surface area contributed by atoms with E-state index in [1.165, 1.54) is 4.90 Å². The first-order chi connectivity index (χ1) is 13.4. The maximum absolute atomic E-state index is 12.8. The van der Waals surface area contributed by atoms with Gasteiger partial charge in [-0.25, -0.2) is 0 Å². The average Bonchev–Trinajstić information content (AvgIpc) is 3.07. The van der Waals surface area contributed by atoms with Crippen LogP contribution in [0.4, 0.5) is 5.69 Å². The number of hydrogen-bond acceptors (Lipinski definition) is 6. The summed E-state index contributed by atoms with van der Waals surface area (Å²) in [6.07, 6.45) is -1.31. The summed E-state index contributed by atoms with van der Waals surface area (Å²) in [5, 5.41) is 18.6. The molecule has 8 heteroatoms. The van der Waals surface area contributed by atoms with Crippen molar-refractivity contribution in [3.05, 3.63) is 64.7 Å². The summed E-state index contributed by atoms with van der Waals surface area (Å²) in [5.41, 5.74) is 1.78. The second-order valence-electron chi connectivity index (χ2n) is 7.37. The standard InChI is InChI=1S/C21H19N3O4.Ni/c1-11(2)10-24-20(27)14-8-5-9-15(16(14)21(24)28)22-23-17-12-6-3-4-7-13(12)18(25)19(17)26;/h3-9,11,17,19,26H,10H2,1-2H3;/q;+2. The van der Waals surface area contributed by atoms with Gasteiger partial charge in [0.25, 0.3) is 11.8 Å². The molecule has 1 N–H and O–H groups in total. The zero-order valence-electron chi connectivity index (χ0n) is 15.8. The van der Waals surface area contributed by atoms with Crippen molar-refractivity contribution in [2.24, 2.45) is 16.1 Å². The molecule has 29 heavy (non-hydrogen) atoms. The molecule has 2 aromatic carbocycles. The minimum Gasteiger partial charge on any atom is -0.382 e. The summed E-state index contributed by atoms with van der Waals surface area (Å²) in [6, 6.07) is 10.9. The second-order valence-corrected chi connectivity index (χ2v) is 7.37. The molecule has 0 aromatic heterocycles. The van der Waals surface area contributed by atoms with Crippen molar-refractivity contribution in [1.82, 2.24) is 4.90 Å². The molecule has 0 radical (unpaired) electrons. The topological polar surface area (TPSA) is 99.4 Å². The van der Waals surface area contributed by atoms with Gasteiger partial charge in [-0.15, -0.1) is 0 Å². The van der Waals surface area contributed by atoms with Crippen LogP contribution in [0.1, 0.15) is 56.5 Å². The molecule has 150 valence electrons. The first kappa shape index (κ1) is 21.0. The normalized spacial score (nSPS) is 20.4. The van der Waals surface area contributed by atoms with Crippen LogP contribution in [0.25, 0.3) is 0 Å². The first-order valence-corrected chi connectivity index (χ1v) is 9.11. The summed E-state index contributed by atoms with van der Waals surface area (Å²) in [7, 11) is 0. The Morgan fingerprint density at radius 2 is 1.69 bits per heavy atom. The molecule has 0 saturated carbocycles. The van der Waals surface area contributed by atoms with E-state index >= 15 is 0 Å². The number of Topliss-reactive ketones (excluding diaryl/α,β-unsaturated/α-hetero) is 1. The maximum atomic E-state index is 12.8. The van der Waals surface area contributed by atoms with Crippen LogP contribution in [-0.4, -0.2) is 40.3 Å². The Bertz CT molecular complexity index is 1030. The molecule has 1 heterocycles. The second kappa shape index (κ2) is 7.97. The van der Waals surface area contributed by atoms with Crippen LogP contribution >= 0.6 is 0 Å². The van der Waals surface area contributed by atoms with Gasteiger partial charge >= 0.3 is 16.5 Å². The smallest absolute Gasteiger partial charge is 0.382 e. The molecule has 2 aromatic rings. The molecule has 1 aliphatic heterocycles. The SMILES string of the molecule is CC(C)CN1C(=O)c2cccc(N=NC3c4ccccc4C(=O)C3O)c2C1=O.[Ni+2]. The van der Waals surface area contributed by atoms with Crippen LogP contribution in [0.15, 0.2) is 52.7 Å². The molecule has 7 nitrogen and oxygen atoms in total. The third-order valence-corrected chi connectivity index (χ3v) is 4.93. The maximum Gasteiger partial charge on any atom is 2.00 e. The molecule has 2 unspecified atom stereocenters. The quantitative estimate of drug-likeness (QED) is 0.452. The molecule has 0 fully saturated rings. The number of fused-ring (bicyclic) bond motifs is 2. The van der Waals surface area contributed by atoms with Gasteiger partial charge in [0, 0.05) is 12.1 Å². The third kappa shape index (κ3) is 3.43. The fourth-order valence-corrected chi connectivity index (χ4v) is 3.63. The zero-order chi connectivity index (χ0) is 20.0. The van der Waals surface area contributed by atoms with E-state index in [2.05, 4.69) is 10.2 Å². The number of amides is 2. The van der Waals surface area contributed by atoms with Crippen LogP contribution in [0, 0.1) is 5.92 Å². The molecule has 2 atom stereocenters. The average molecular weight is 436 g/mol. The van der Waals surface area contributed by atoms with Crippen molar-refractivity contribution >= 4 is 23.3 Å². The number of carbonyl (C=O) groups is 3. The summed E-state index contributed by atoms with van der Waals surface area (Å²) in [5.74, 6) is -0.991. The molecule has 0 spiro atoms. The van der Waals surface area contributed by atoms with Crippen LogP contribution in [-0.2, 0) is 16.5 Å². The van der Waals surface area contributed by atoms with Crippen LogP contribution in [0.2, 0.25) is 0 Å². The molecule has 0 saturated heterocycles. The Morgan fingerprint density at radius 1 is 1.00 bits per heavy atom. The summed E-state index contributed by atoms with van der Waals surface area (Å²) in [6.45, 7) is 4.19. The fraction of sp³-hybridized carbons (Fsp3) is 0.286.